The molecule has 1 atom stereocenters. The fourth-order valence-corrected chi connectivity index (χ4v) is 2.97. The van der Waals surface area contributed by atoms with Crippen molar-refractivity contribution in [1.29, 1.82) is 0 Å². The van der Waals surface area contributed by atoms with E-state index in [9.17, 15) is 14.0 Å². The molecule has 3 amide bonds. The van der Waals surface area contributed by atoms with E-state index in [1.54, 1.807) is 42.8 Å². The molecule has 1 saturated heterocycles. The number of nitrogens with one attached hydrogen (secondary N) is 1. The van der Waals surface area contributed by atoms with Gasteiger partial charge in [0.2, 0.25) is 0 Å². The van der Waals surface area contributed by atoms with Gasteiger partial charge < -0.3 is 15.1 Å². The van der Waals surface area contributed by atoms with E-state index in [1.807, 2.05) is 0 Å². The summed E-state index contributed by atoms with van der Waals surface area (Å²) in [5.41, 5.74) is 0.819. The van der Waals surface area contributed by atoms with Crippen LogP contribution in [-0.2, 0) is 7.05 Å². The summed E-state index contributed by atoms with van der Waals surface area (Å²) in [7, 11) is 1.70. The zero-order valence-corrected chi connectivity index (χ0v) is 15.5. The number of halogens is 1. The number of carbonyl (C=O) groups is 2. The topological polar surface area (TPSA) is 96.2 Å². The van der Waals surface area contributed by atoms with Crippen molar-refractivity contribution in [2.24, 2.45) is 7.05 Å². The number of nitrogens with zero attached hydrogens (tertiary/aromatic N) is 6. The molecule has 144 valence electrons. The lowest BCUT2D eigenvalue weighted by molar-refractivity contribution is 0.0663. The van der Waals surface area contributed by atoms with Crippen LogP contribution < -0.4 is 5.32 Å². The Kier molecular flexibility index (Phi) is 5.33. The van der Waals surface area contributed by atoms with Crippen molar-refractivity contribution >= 4 is 11.9 Å². The maximum Gasteiger partial charge on any atom is 0.318 e. The van der Waals surface area contributed by atoms with E-state index < -0.39 is 5.82 Å². The van der Waals surface area contributed by atoms with Gasteiger partial charge in [0.05, 0.1) is 6.04 Å². The SMILES string of the molecule is Cc1ccc(C(=O)N2CCN(C(=O)N[C@H](C)c3nnnn3C)CC2)cc1F. The van der Waals surface area contributed by atoms with Gasteiger partial charge in [-0.15, -0.1) is 5.10 Å². The van der Waals surface area contributed by atoms with Gasteiger partial charge in [-0.25, -0.2) is 13.9 Å². The van der Waals surface area contributed by atoms with E-state index in [2.05, 4.69) is 20.8 Å². The number of amides is 3. The standard InChI is InChI=1S/C17H22FN7O2/c1-11-4-5-13(10-14(11)18)16(26)24-6-8-25(9-7-24)17(27)19-12(2)15-20-21-22-23(15)3/h4-5,10,12H,6-9H2,1-3H3,(H,19,27)/t12-/m1/s1. The van der Waals surface area contributed by atoms with Gasteiger partial charge in [-0.2, -0.15) is 0 Å². The molecule has 2 aromatic rings. The number of hydrogen-bond donors (Lipinski definition) is 1. The van der Waals surface area contributed by atoms with Gasteiger partial charge in [0, 0.05) is 38.8 Å². The summed E-state index contributed by atoms with van der Waals surface area (Å²) in [6.45, 7) is 5.03. The van der Waals surface area contributed by atoms with Crippen molar-refractivity contribution in [3.05, 3.63) is 41.0 Å². The normalized spacial score (nSPS) is 15.6. The first-order valence-electron chi connectivity index (χ1n) is 8.70. The second kappa shape index (κ2) is 7.68. The predicted molar refractivity (Wildman–Crippen MR) is 94.4 cm³/mol. The fourth-order valence-electron chi connectivity index (χ4n) is 2.97. The summed E-state index contributed by atoms with van der Waals surface area (Å²) in [6, 6.07) is 3.89. The number of piperazine rings is 1. The summed E-state index contributed by atoms with van der Waals surface area (Å²) in [5.74, 6) is -0.0721. The Labute approximate surface area is 156 Å². The molecule has 0 bridgehead atoms. The van der Waals surface area contributed by atoms with E-state index in [0.29, 0.717) is 43.1 Å². The second-order valence-electron chi connectivity index (χ2n) is 6.58. The first-order valence-corrected chi connectivity index (χ1v) is 8.70. The molecule has 0 unspecified atom stereocenters. The number of urea groups is 1. The number of benzene rings is 1. The fraction of sp³-hybridized carbons (Fsp3) is 0.471. The lowest BCUT2D eigenvalue weighted by Gasteiger charge is -2.35. The van der Waals surface area contributed by atoms with E-state index in [1.165, 1.54) is 10.7 Å². The summed E-state index contributed by atoms with van der Waals surface area (Å²) in [5, 5.41) is 14.0. The molecule has 0 radical (unpaired) electrons. The maximum atomic E-state index is 13.7. The summed E-state index contributed by atoms with van der Waals surface area (Å²) < 4.78 is 15.2. The Morgan fingerprint density at radius 3 is 2.44 bits per heavy atom. The largest absolute Gasteiger partial charge is 0.335 e. The highest BCUT2D eigenvalue weighted by Gasteiger charge is 2.26. The first-order chi connectivity index (χ1) is 12.9. The molecule has 0 aliphatic carbocycles. The zero-order valence-electron chi connectivity index (χ0n) is 15.5. The third-order valence-electron chi connectivity index (χ3n) is 4.65. The van der Waals surface area contributed by atoms with Crippen molar-refractivity contribution in [3.63, 3.8) is 0 Å². The third-order valence-corrected chi connectivity index (χ3v) is 4.65. The predicted octanol–water partition coefficient (Wildman–Crippen LogP) is 0.886. The smallest absolute Gasteiger partial charge is 0.318 e. The lowest BCUT2D eigenvalue weighted by Crippen LogP contribution is -2.53. The average molecular weight is 375 g/mol. The van der Waals surface area contributed by atoms with Crippen LogP contribution in [0.15, 0.2) is 18.2 Å². The van der Waals surface area contributed by atoms with Gasteiger partial charge in [0.15, 0.2) is 5.82 Å². The van der Waals surface area contributed by atoms with E-state index in [-0.39, 0.29) is 18.0 Å². The van der Waals surface area contributed by atoms with Crippen molar-refractivity contribution in [2.75, 3.05) is 26.2 Å². The lowest BCUT2D eigenvalue weighted by atomic mass is 10.1. The minimum Gasteiger partial charge on any atom is -0.335 e. The van der Waals surface area contributed by atoms with Crippen molar-refractivity contribution in [1.82, 2.24) is 35.3 Å². The first kappa shape index (κ1) is 18.7. The number of hydrogen-bond acceptors (Lipinski definition) is 5. The molecular formula is C17H22FN7O2. The maximum absolute atomic E-state index is 13.7. The highest BCUT2D eigenvalue weighted by molar-refractivity contribution is 5.94. The molecule has 3 rings (SSSR count). The molecule has 1 aromatic carbocycles. The minimum atomic E-state index is -0.397. The Morgan fingerprint density at radius 1 is 1.19 bits per heavy atom. The van der Waals surface area contributed by atoms with Crippen molar-refractivity contribution in [2.45, 2.75) is 19.9 Å². The number of rotatable bonds is 3. The van der Waals surface area contributed by atoms with Gasteiger partial charge in [-0.1, -0.05) is 6.07 Å². The van der Waals surface area contributed by atoms with Crippen LogP contribution in [0, 0.1) is 12.7 Å². The summed E-state index contributed by atoms with van der Waals surface area (Å²) >= 11 is 0. The number of aromatic nitrogens is 4. The van der Waals surface area contributed by atoms with Crippen LogP contribution >= 0.6 is 0 Å². The number of tetrazole rings is 1. The molecule has 1 aromatic heterocycles. The molecule has 1 fully saturated rings. The Hall–Kier alpha value is -3.04. The van der Waals surface area contributed by atoms with E-state index in [0.717, 1.165) is 0 Å². The van der Waals surface area contributed by atoms with Gasteiger partial charge in [0.25, 0.3) is 5.91 Å². The Morgan fingerprint density at radius 2 is 1.85 bits per heavy atom. The van der Waals surface area contributed by atoms with Crippen LogP contribution in [0.3, 0.4) is 0 Å². The van der Waals surface area contributed by atoms with Gasteiger partial charge in [-0.05, 0) is 42.0 Å². The molecular weight excluding hydrogens is 353 g/mol. The molecule has 1 N–H and O–H groups in total. The highest BCUT2D eigenvalue weighted by atomic mass is 19.1. The van der Waals surface area contributed by atoms with Gasteiger partial charge >= 0.3 is 6.03 Å². The molecule has 0 saturated carbocycles. The number of aryl methyl sites for hydroxylation is 2. The van der Waals surface area contributed by atoms with E-state index in [4.69, 9.17) is 0 Å². The summed E-state index contributed by atoms with van der Waals surface area (Å²) in [6.07, 6.45) is 0. The molecule has 27 heavy (non-hydrogen) atoms. The molecule has 1 aliphatic rings. The van der Waals surface area contributed by atoms with Crippen molar-refractivity contribution < 1.29 is 14.0 Å². The number of carbonyl (C=O) groups excluding carboxylic acids is 2. The monoisotopic (exact) mass is 375 g/mol. The quantitative estimate of drug-likeness (QED) is 0.859. The van der Waals surface area contributed by atoms with Crippen LogP contribution in [0.1, 0.15) is 34.7 Å². The van der Waals surface area contributed by atoms with Crippen LogP contribution in [-0.4, -0.2) is 68.1 Å². The van der Waals surface area contributed by atoms with Gasteiger partial charge in [0.1, 0.15) is 5.82 Å². The van der Waals surface area contributed by atoms with Crippen LogP contribution in [0.5, 0.6) is 0 Å². The van der Waals surface area contributed by atoms with E-state index >= 15 is 0 Å². The van der Waals surface area contributed by atoms with Crippen LogP contribution in [0.4, 0.5) is 9.18 Å². The molecule has 10 heteroatoms. The zero-order chi connectivity index (χ0) is 19.6. The van der Waals surface area contributed by atoms with Crippen LogP contribution in [0.25, 0.3) is 0 Å². The molecule has 2 heterocycles. The van der Waals surface area contributed by atoms with Crippen molar-refractivity contribution in [3.8, 4) is 0 Å². The Balaban J connectivity index is 1.55. The summed E-state index contributed by atoms with van der Waals surface area (Å²) in [4.78, 5) is 28.2. The Bertz CT molecular complexity index is 846. The highest BCUT2D eigenvalue weighted by Crippen LogP contribution is 2.14. The molecule has 9 nitrogen and oxygen atoms in total. The minimum absolute atomic E-state index is 0.229. The van der Waals surface area contributed by atoms with Crippen LogP contribution in [0.2, 0.25) is 0 Å². The second-order valence-corrected chi connectivity index (χ2v) is 6.58. The molecule has 1 aliphatic heterocycles. The van der Waals surface area contributed by atoms with Gasteiger partial charge in [-0.3, -0.25) is 4.79 Å². The third kappa shape index (κ3) is 4.04. The average Bonchev–Trinajstić information content (AvgIpc) is 3.09. The molecule has 0 spiro atoms.